The number of phosphoric ester groups is 2. The average molecular weight is 943 g/mol. The number of phosphoric acid groups is 2. The molecule has 0 saturated heterocycles. The average Bonchev–Trinajstić information content (AvgIpc) is 3.23. The maximum Gasteiger partial charge on any atom is 0.472 e. The molecule has 0 aromatic rings. The molecular formula is C45H84O16P2. The van der Waals surface area contributed by atoms with Crippen LogP contribution in [0.2, 0.25) is 0 Å². The van der Waals surface area contributed by atoms with Crippen molar-refractivity contribution in [3.8, 4) is 0 Å². The SMILES string of the molecule is CCCCCC/C=C\CCCCCCCCCC(=O)O[C@H](COC(=O)CCCCCCC/C=C\CCCCCCCC)COP(=O)(O)O[C@H]1C(O)C(O)C(O)[C@@H](OP(=O)(O)O)C1O. The Labute approximate surface area is 377 Å². The van der Waals surface area contributed by atoms with Gasteiger partial charge in [0.2, 0.25) is 0 Å². The zero-order valence-corrected chi connectivity index (χ0v) is 40.1. The van der Waals surface area contributed by atoms with E-state index >= 15 is 0 Å². The Kier molecular flexibility index (Phi) is 34.5. The molecule has 0 bridgehead atoms. The summed E-state index contributed by atoms with van der Waals surface area (Å²) >= 11 is 0. The van der Waals surface area contributed by atoms with Gasteiger partial charge in [-0.05, 0) is 64.2 Å². The topological polar surface area (TPSA) is 256 Å². The Morgan fingerprint density at radius 2 is 0.873 bits per heavy atom. The lowest BCUT2D eigenvalue weighted by molar-refractivity contribution is -0.216. The molecule has 0 spiro atoms. The highest BCUT2D eigenvalue weighted by atomic mass is 31.2. The number of aliphatic hydroxyl groups is 4. The minimum atomic E-state index is -5.36. The second-order valence-corrected chi connectivity index (χ2v) is 19.4. The predicted octanol–water partition coefficient (Wildman–Crippen LogP) is 8.95. The number of ether oxygens (including phenoxy) is 2. The van der Waals surface area contributed by atoms with Gasteiger partial charge in [-0.15, -0.1) is 0 Å². The van der Waals surface area contributed by atoms with Crippen LogP contribution in [0, 0.1) is 0 Å². The molecular weight excluding hydrogens is 858 g/mol. The normalized spacial score (nSPS) is 22.1. The standard InChI is InChI=1S/C45H84O16P2/c1-3-5-7-9-11-13-15-17-19-21-23-25-27-29-31-33-38(46)57-35-37(59-39(47)34-32-30-28-26-24-22-20-18-16-14-12-10-8-6-4-2)36-58-63(55,56)61-45-42(50)40(48)41(49)44(43(45)51)60-62(52,53)54/h14,16-17,19,37,40-45,48-51H,3-13,15,18,20-36H2,1-2H3,(H,55,56)(H2,52,53,54)/b16-14-,19-17-/t37-,40?,41?,42?,43?,44-,45+/m1/s1. The molecule has 1 rings (SSSR count). The van der Waals surface area contributed by atoms with Crippen molar-refractivity contribution in [1.29, 1.82) is 0 Å². The highest BCUT2D eigenvalue weighted by Gasteiger charge is 2.54. The number of aliphatic hydroxyl groups excluding tert-OH is 4. The van der Waals surface area contributed by atoms with Crippen LogP contribution in [-0.4, -0.2) is 103 Å². The zero-order chi connectivity index (χ0) is 46.8. The van der Waals surface area contributed by atoms with E-state index in [0.29, 0.717) is 12.8 Å². The van der Waals surface area contributed by atoms with Crippen molar-refractivity contribution in [1.82, 2.24) is 0 Å². The van der Waals surface area contributed by atoms with Crippen LogP contribution in [0.25, 0.3) is 0 Å². The van der Waals surface area contributed by atoms with E-state index in [1.54, 1.807) is 0 Å². The van der Waals surface area contributed by atoms with E-state index in [-0.39, 0.29) is 12.8 Å². The lowest BCUT2D eigenvalue weighted by atomic mass is 9.85. The van der Waals surface area contributed by atoms with Gasteiger partial charge >= 0.3 is 27.6 Å². The zero-order valence-electron chi connectivity index (χ0n) is 38.3. The third-order valence-corrected chi connectivity index (χ3v) is 12.5. The summed E-state index contributed by atoms with van der Waals surface area (Å²) < 4.78 is 49.4. The van der Waals surface area contributed by atoms with Gasteiger partial charge in [0.15, 0.2) is 6.10 Å². The van der Waals surface area contributed by atoms with Crippen LogP contribution < -0.4 is 0 Å². The van der Waals surface area contributed by atoms with Gasteiger partial charge in [0.1, 0.15) is 43.2 Å². The fourth-order valence-electron chi connectivity index (χ4n) is 7.25. The number of carbonyl (C=O) groups excluding carboxylic acids is 2. The van der Waals surface area contributed by atoms with Crippen LogP contribution in [-0.2, 0) is 41.8 Å². The first-order valence-electron chi connectivity index (χ1n) is 23.9. The highest BCUT2D eigenvalue weighted by molar-refractivity contribution is 7.47. The van der Waals surface area contributed by atoms with Crippen molar-refractivity contribution in [2.24, 2.45) is 0 Å². The first-order chi connectivity index (χ1) is 30.1. The minimum Gasteiger partial charge on any atom is -0.462 e. The molecule has 1 saturated carbocycles. The Bertz CT molecular complexity index is 1330. The summed E-state index contributed by atoms with van der Waals surface area (Å²) in [6.07, 6.45) is 22.8. The predicted molar refractivity (Wildman–Crippen MR) is 241 cm³/mol. The lowest BCUT2D eigenvalue weighted by Crippen LogP contribution is -2.64. The molecule has 0 heterocycles. The molecule has 1 aliphatic carbocycles. The molecule has 18 heteroatoms. The third-order valence-electron chi connectivity index (χ3n) is 11.0. The molecule has 0 amide bonds. The molecule has 1 fully saturated rings. The Balaban J connectivity index is 2.60. The van der Waals surface area contributed by atoms with Gasteiger partial charge in [-0.25, -0.2) is 9.13 Å². The van der Waals surface area contributed by atoms with Crippen molar-refractivity contribution in [2.75, 3.05) is 13.2 Å². The van der Waals surface area contributed by atoms with E-state index < -0.39 is 83.5 Å². The first kappa shape index (κ1) is 59.5. The van der Waals surface area contributed by atoms with E-state index in [4.69, 9.17) is 28.3 Å². The van der Waals surface area contributed by atoms with Crippen molar-refractivity contribution in [3.63, 3.8) is 0 Å². The second-order valence-electron chi connectivity index (χ2n) is 16.8. The molecule has 7 N–H and O–H groups in total. The van der Waals surface area contributed by atoms with Crippen LogP contribution in [0.3, 0.4) is 0 Å². The molecule has 1 aliphatic rings. The molecule has 5 unspecified atom stereocenters. The van der Waals surface area contributed by atoms with Gasteiger partial charge in [0.25, 0.3) is 0 Å². The van der Waals surface area contributed by atoms with E-state index in [9.17, 15) is 44.0 Å². The van der Waals surface area contributed by atoms with Crippen LogP contribution in [0.4, 0.5) is 0 Å². The lowest BCUT2D eigenvalue weighted by Gasteiger charge is -2.43. The van der Waals surface area contributed by atoms with E-state index in [1.165, 1.54) is 64.2 Å². The summed E-state index contributed by atoms with van der Waals surface area (Å²) in [5.41, 5.74) is 0. The smallest absolute Gasteiger partial charge is 0.462 e. The Morgan fingerprint density at radius 1 is 0.492 bits per heavy atom. The second kappa shape index (κ2) is 36.6. The van der Waals surface area contributed by atoms with Crippen molar-refractivity contribution in [3.05, 3.63) is 24.3 Å². The molecule has 370 valence electrons. The van der Waals surface area contributed by atoms with Crippen molar-refractivity contribution in [2.45, 2.75) is 236 Å². The summed E-state index contributed by atoms with van der Waals surface area (Å²) in [4.78, 5) is 54.2. The number of allylic oxidation sites excluding steroid dienone is 4. The maximum absolute atomic E-state index is 13.0. The fourth-order valence-corrected chi connectivity index (χ4v) is 8.79. The molecule has 0 aromatic heterocycles. The van der Waals surface area contributed by atoms with Crippen LogP contribution >= 0.6 is 15.6 Å². The number of carbonyl (C=O) groups is 2. The number of unbranched alkanes of at least 4 members (excludes halogenated alkanes) is 22. The summed E-state index contributed by atoms with van der Waals surface area (Å²) in [5, 5.41) is 41.2. The molecule has 0 radical (unpaired) electrons. The first-order valence-corrected chi connectivity index (χ1v) is 26.9. The molecule has 0 aromatic carbocycles. The quantitative estimate of drug-likeness (QED) is 0.0131. The van der Waals surface area contributed by atoms with Crippen LogP contribution in [0.1, 0.15) is 194 Å². The number of esters is 2. The number of hydrogen-bond acceptors (Lipinski definition) is 13. The van der Waals surface area contributed by atoms with Crippen LogP contribution in [0.5, 0.6) is 0 Å². The third kappa shape index (κ3) is 31.2. The summed E-state index contributed by atoms with van der Waals surface area (Å²) in [6, 6.07) is 0. The summed E-state index contributed by atoms with van der Waals surface area (Å²) in [7, 11) is -10.7. The van der Waals surface area contributed by atoms with Gasteiger partial charge in [0, 0.05) is 12.8 Å². The summed E-state index contributed by atoms with van der Waals surface area (Å²) in [6.45, 7) is 3.09. The van der Waals surface area contributed by atoms with E-state index in [2.05, 4.69) is 42.7 Å². The highest BCUT2D eigenvalue weighted by Crippen LogP contribution is 2.49. The van der Waals surface area contributed by atoms with Crippen molar-refractivity contribution < 1.29 is 76.9 Å². The van der Waals surface area contributed by atoms with E-state index in [1.807, 2.05) is 0 Å². The van der Waals surface area contributed by atoms with Gasteiger partial charge in [-0.3, -0.25) is 23.2 Å². The van der Waals surface area contributed by atoms with Gasteiger partial charge in [0.05, 0.1) is 6.61 Å². The number of hydrogen-bond donors (Lipinski definition) is 7. The molecule has 8 atom stereocenters. The van der Waals surface area contributed by atoms with Gasteiger partial charge < -0.3 is 44.6 Å². The Hall–Kier alpha value is -1.52. The van der Waals surface area contributed by atoms with E-state index in [0.717, 1.165) is 89.9 Å². The maximum atomic E-state index is 13.0. The van der Waals surface area contributed by atoms with Crippen LogP contribution in [0.15, 0.2) is 24.3 Å². The monoisotopic (exact) mass is 943 g/mol. The van der Waals surface area contributed by atoms with Crippen molar-refractivity contribution >= 4 is 27.6 Å². The number of rotatable bonds is 40. The summed E-state index contributed by atoms with van der Waals surface area (Å²) in [5.74, 6) is -1.22. The Morgan fingerprint density at radius 3 is 1.32 bits per heavy atom. The molecule has 0 aliphatic heterocycles. The fraction of sp³-hybridized carbons (Fsp3) is 0.867. The minimum absolute atomic E-state index is 0.0390. The van der Waals surface area contributed by atoms with Gasteiger partial charge in [-0.1, -0.05) is 141 Å². The van der Waals surface area contributed by atoms with Gasteiger partial charge in [-0.2, -0.15) is 0 Å². The molecule has 63 heavy (non-hydrogen) atoms. The molecule has 16 nitrogen and oxygen atoms in total. The largest absolute Gasteiger partial charge is 0.472 e.